The van der Waals surface area contributed by atoms with Crippen LogP contribution in [0.3, 0.4) is 0 Å². The molecule has 2 N–H and O–H groups in total. The van der Waals surface area contributed by atoms with Crippen LogP contribution in [-0.4, -0.2) is 33.5 Å². The summed E-state index contributed by atoms with van der Waals surface area (Å²) in [6.45, 7) is 1.32. The Kier molecular flexibility index (Phi) is 5.11. The van der Waals surface area contributed by atoms with E-state index in [4.69, 9.17) is 0 Å². The van der Waals surface area contributed by atoms with Gasteiger partial charge in [0, 0.05) is 29.9 Å². The van der Waals surface area contributed by atoms with Crippen molar-refractivity contribution in [3.63, 3.8) is 0 Å². The van der Waals surface area contributed by atoms with E-state index in [2.05, 4.69) is 32.8 Å². The molecule has 1 fully saturated rings. The average molecular weight is 318 g/mol. The van der Waals surface area contributed by atoms with Gasteiger partial charge >= 0.3 is 6.03 Å². The molecule has 1 aliphatic rings. The first kappa shape index (κ1) is 15.1. The SMILES string of the molecule is O=C(NCc1ncc[nH]1)N1CCCC[C@H]1CCc1cccs1. The van der Waals surface area contributed by atoms with Gasteiger partial charge in [0.25, 0.3) is 0 Å². The molecule has 0 saturated carbocycles. The molecule has 2 aromatic heterocycles. The number of hydrogen-bond donors (Lipinski definition) is 2. The van der Waals surface area contributed by atoms with Crippen molar-refractivity contribution in [2.45, 2.75) is 44.7 Å². The fraction of sp³-hybridized carbons (Fsp3) is 0.500. The number of nitrogens with one attached hydrogen (secondary N) is 2. The number of likely N-dealkylation sites (tertiary alicyclic amines) is 1. The lowest BCUT2D eigenvalue weighted by Crippen LogP contribution is -2.48. The highest BCUT2D eigenvalue weighted by Gasteiger charge is 2.26. The number of amides is 2. The number of rotatable bonds is 5. The lowest BCUT2D eigenvalue weighted by Gasteiger charge is -2.35. The van der Waals surface area contributed by atoms with Crippen LogP contribution in [0, 0.1) is 0 Å². The maximum atomic E-state index is 12.4. The largest absolute Gasteiger partial charge is 0.347 e. The van der Waals surface area contributed by atoms with Gasteiger partial charge in [0.2, 0.25) is 0 Å². The number of urea groups is 1. The van der Waals surface area contributed by atoms with E-state index in [0.717, 1.165) is 38.1 Å². The van der Waals surface area contributed by atoms with E-state index in [0.29, 0.717) is 12.6 Å². The van der Waals surface area contributed by atoms with Crippen molar-refractivity contribution < 1.29 is 4.79 Å². The molecule has 0 aliphatic carbocycles. The molecule has 6 heteroatoms. The van der Waals surface area contributed by atoms with Crippen LogP contribution in [0.25, 0.3) is 0 Å². The van der Waals surface area contributed by atoms with Crippen molar-refractivity contribution in [1.82, 2.24) is 20.2 Å². The van der Waals surface area contributed by atoms with Gasteiger partial charge in [0.1, 0.15) is 5.82 Å². The molecular weight excluding hydrogens is 296 g/mol. The Morgan fingerprint density at radius 3 is 3.23 bits per heavy atom. The number of carbonyl (C=O) groups excluding carboxylic acids is 1. The first-order valence-electron chi connectivity index (χ1n) is 7.88. The highest BCUT2D eigenvalue weighted by molar-refractivity contribution is 7.09. The second kappa shape index (κ2) is 7.45. The number of thiophene rings is 1. The molecule has 3 rings (SSSR count). The zero-order valence-corrected chi connectivity index (χ0v) is 13.4. The first-order valence-corrected chi connectivity index (χ1v) is 8.76. The predicted molar refractivity (Wildman–Crippen MR) is 87.8 cm³/mol. The third kappa shape index (κ3) is 3.88. The van der Waals surface area contributed by atoms with E-state index in [1.54, 1.807) is 23.7 Å². The molecule has 3 heterocycles. The Hall–Kier alpha value is -1.82. The van der Waals surface area contributed by atoms with Gasteiger partial charge in [0.05, 0.1) is 6.54 Å². The zero-order valence-electron chi connectivity index (χ0n) is 12.6. The molecule has 2 amide bonds. The Bertz CT molecular complexity index is 567. The Balaban J connectivity index is 1.53. The second-order valence-electron chi connectivity index (χ2n) is 5.66. The predicted octanol–water partition coefficient (Wildman–Crippen LogP) is 3.17. The van der Waals surface area contributed by atoms with Crippen molar-refractivity contribution in [3.05, 3.63) is 40.6 Å². The fourth-order valence-corrected chi connectivity index (χ4v) is 3.71. The summed E-state index contributed by atoms with van der Waals surface area (Å²) in [5, 5.41) is 5.09. The van der Waals surface area contributed by atoms with Crippen molar-refractivity contribution >= 4 is 17.4 Å². The molecule has 0 unspecified atom stereocenters. The molecule has 1 saturated heterocycles. The van der Waals surface area contributed by atoms with Crippen molar-refractivity contribution in [3.8, 4) is 0 Å². The van der Waals surface area contributed by atoms with Crippen molar-refractivity contribution in [1.29, 1.82) is 0 Å². The van der Waals surface area contributed by atoms with Crippen LogP contribution < -0.4 is 5.32 Å². The van der Waals surface area contributed by atoms with Gasteiger partial charge in [-0.2, -0.15) is 0 Å². The van der Waals surface area contributed by atoms with Crippen LogP contribution in [0.2, 0.25) is 0 Å². The number of H-pyrrole nitrogens is 1. The monoisotopic (exact) mass is 318 g/mol. The molecule has 0 radical (unpaired) electrons. The smallest absolute Gasteiger partial charge is 0.318 e. The minimum atomic E-state index is 0.0345. The molecule has 0 spiro atoms. The van der Waals surface area contributed by atoms with Gasteiger partial charge in [-0.15, -0.1) is 11.3 Å². The number of imidazole rings is 1. The van der Waals surface area contributed by atoms with E-state index >= 15 is 0 Å². The quantitative estimate of drug-likeness (QED) is 0.889. The van der Waals surface area contributed by atoms with Gasteiger partial charge in [-0.3, -0.25) is 0 Å². The summed E-state index contributed by atoms with van der Waals surface area (Å²) >= 11 is 1.80. The Morgan fingerprint density at radius 2 is 2.45 bits per heavy atom. The molecule has 1 atom stereocenters. The van der Waals surface area contributed by atoms with E-state index in [-0.39, 0.29) is 6.03 Å². The van der Waals surface area contributed by atoms with Gasteiger partial charge in [-0.1, -0.05) is 6.07 Å². The zero-order chi connectivity index (χ0) is 15.2. The van der Waals surface area contributed by atoms with Gasteiger partial charge in [0.15, 0.2) is 0 Å². The molecule has 0 aromatic carbocycles. The first-order chi connectivity index (χ1) is 10.8. The lowest BCUT2D eigenvalue weighted by molar-refractivity contribution is 0.146. The third-order valence-corrected chi connectivity index (χ3v) is 5.09. The summed E-state index contributed by atoms with van der Waals surface area (Å²) in [5.41, 5.74) is 0. The second-order valence-corrected chi connectivity index (χ2v) is 6.69. The number of aromatic nitrogens is 2. The summed E-state index contributed by atoms with van der Waals surface area (Å²) in [5.74, 6) is 0.792. The van der Waals surface area contributed by atoms with Gasteiger partial charge in [-0.05, 0) is 43.6 Å². The fourth-order valence-electron chi connectivity index (χ4n) is 2.99. The maximum absolute atomic E-state index is 12.4. The average Bonchev–Trinajstić information content (AvgIpc) is 3.24. The van der Waals surface area contributed by atoms with Crippen LogP contribution in [-0.2, 0) is 13.0 Å². The van der Waals surface area contributed by atoms with Crippen molar-refractivity contribution in [2.75, 3.05) is 6.54 Å². The molecule has 2 aromatic rings. The third-order valence-electron chi connectivity index (χ3n) is 4.15. The number of aromatic amines is 1. The molecule has 0 bridgehead atoms. The van der Waals surface area contributed by atoms with Crippen LogP contribution in [0.4, 0.5) is 4.79 Å². The Labute approximate surface area is 134 Å². The van der Waals surface area contributed by atoms with Crippen LogP contribution in [0.1, 0.15) is 36.4 Å². The Morgan fingerprint density at radius 1 is 1.50 bits per heavy atom. The maximum Gasteiger partial charge on any atom is 0.318 e. The summed E-state index contributed by atoms with van der Waals surface area (Å²) in [4.78, 5) is 23.0. The van der Waals surface area contributed by atoms with Gasteiger partial charge in [-0.25, -0.2) is 9.78 Å². The van der Waals surface area contributed by atoms with Crippen LogP contribution in [0.5, 0.6) is 0 Å². The standard InChI is InChI=1S/C16H22N4OS/c21-16(19-12-15-17-8-9-18-15)20-10-2-1-4-13(20)6-7-14-5-3-11-22-14/h3,5,8-9,11,13H,1-2,4,6-7,10,12H2,(H,17,18)(H,19,21)/t13-/m0/s1. The van der Waals surface area contributed by atoms with Crippen molar-refractivity contribution in [2.24, 2.45) is 0 Å². The van der Waals surface area contributed by atoms with E-state index in [1.165, 1.54) is 11.3 Å². The summed E-state index contributed by atoms with van der Waals surface area (Å²) in [6, 6.07) is 4.66. The van der Waals surface area contributed by atoms with Gasteiger partial charge < -0.3 is 15.2 Å². The van der Waals surface area contributed by atoms with Crippen LogP contribution in [0.15, 0.2) is 29.9 Å². The number of aryl methyl sites for hydroxylation is 1. The number of carbonyl (C=O) groups is 1. The summed E-state index contributed by atoms with van der Waals surface area (Å²) in [7, 11) is 0. The normalized spacial score (nSPS) is 18.4. The molecule has 22 heavy (non-hydrogen) atoms. The highest BCUT2D eigenvalue weighted by atomic mass is 32.1. The lowest BCUT2D eigenvalue weighted by atomic mass is 9.98. The highest BCUT2D eigenvalue weighted by Crippen LogP contribution is 2.22. The molecule has 5 nitrogen and oxygen atoms in total. The number of piperidine rings is 1. The number of hydrogen-bond acceptors (Lipinski definition) is 3. The number of nitrogens with zero attached hydrogens (tertiary/aromatic N) is 2. The summed E-state index contributed by atoms with van der Waals surface area (Å²) in [6.07, 6.45) is 9.01. The van der Waals surface area contributed by atoms with Crippen LogP contribution >= 0.6 is 11.3 Å². The minimum Gasteiger partial charge on any atom is -0.347 e. The minimum absolute atomic E-state index is 0.0345. The van der Waals surface area contributed by atoms with E-state index < -0.39 is 0 Å². The molecule has 1 aliphatic heterocycles. The van der Waals surface area contributed by atoms with E-state index in [1.807, 2.05) is 4.90 Å². The van der Waals surface area contributed by atoms with E-state index in [9.17, 15) is 4.79 Å². The topological polar surface area (TPSA) is 61.0 Å². The molecular formula is C16H22N4OS. The summed E-state index contributed by atoms with van der Waals surface area (Å²) < 4.78 is 0. The molecule has 118 valence electrons.